The van der Waals surface area contributed by atoms with Gasteiger partial charge in [0.15, 0.2) is 0 Å². The van der Waals surface area contributed by atoms with Gasteiger partial charge in [0.2, 0.25) is 0 Å². The second-order valence-corrected chi connectivity index (χ2v) is 4.50. The van der Waals surface area contributed by atoms with Crippen LogP contribution in [0.15, 0.2) is 18.5 Å². The first-order chi connectivity index (χ1) is 8.25. The van der Waals surface area contributed by atoms with Crippen molar-refractivity contribution in [3.05, 3.63) is 24.0 Å². The first kappa shape index (κ1) is 12.3. The Kier molecular flexibility index (Phi) is 3.64. The van der Waals surface area contributed by atoms with Crippen molar-refractivity contribution in [3.63, 3.8) is 0 Å². The molecule has 1 aliphatic rings. The van der Waals surface area contributed by atoms with Gasteiger partial charge in [-0.1, -0.05) is 0 Å². The van der Waals surface area contributed by atoms with E-state index >= 15 is 0 Å². The summed E-state index contributed by atoms with van der Waals surface area (Å²) >= 11 is 0. The lowest BCUT2D eigenvalue weighted by molar-refractivity contribution is -0.0984. The molecule has 0 aliphatic heterocycles. The summed E-state index contributed by atoms with van der Waals surface area (Å²) in [6.07, 6.45) is 7.00. The molecule has 4 heteroatoms. The van der Waals surface area contributed by atoms with Crippen molar-refractivity contribution in [2.75, 3.05) is 21.3 Å². The molecule has 4 nitrogen and oxygen atoms in total. The molecule has 1 unspecified atom stereocenters. The van der Waals surface area contributed by atoms with Crippen LogP contribution in [-0.2, 0) is 4.74 Å². The molecule has 1 aromatic rings. The van der Waals surface area contributed by atoms with Crippen molar-refractivity contribution >= 4 is 0 Å². The number of pyridine rings is 1. The minimum Gasteiger partial charge on any atom is -0.495 e. The van der Waals surface area contributed by atoms with Crippen molar-refractivity contribution in [1.82, 2.24) is 10.3 Å². The number of aromatic nitrogens is 1. The first-order valence-corrected chi connectivity index (χ1v) is 5.97. The quantitative estimate of drug-likeness (QED) is 0.848. The van der Waals surface area contributed by atoms with Crippen LogP contribution in [0.4, 0.5) is 0 Å². The summed E-state index contributed by atoms with van der Waals surface area (Å²) in [5.74, 6) is 0.785. The third-order valence-electron chi connectivity index (χ3n) is 3.72. The summed E-state index contributed by atoms with van der Waals surface area (Å²) < 4.78 is 10.9. The summed E-state index contributed by atoms with van der Waals surface area (Å²) in [4.78, 5) is 4.21. The number of nitrogens with zero attached hydrogens (tertiary/aromatic N) is 1. The lowest BCUT2D eigenvalue weighted by atomic mass is 9.72. The molecule has 0 saturated heterocycles. The summed E-state index contributed by atoms with van der Waals surface area (Å²) in [5, 5.41) is 3.34. The van der Waals surface area contributed by atoms with Crippen LogP contribution in [0.3, 0.4) is 0 Å². The Morgan fingerprint density at radius 3 is 2.59 bits per heavy atom. The van der Waals surface area contributed by atoms with Crippen LogP contribution in [0.1, 0.15) is 30.9 Å². The van der Waals surface area contributed by atoms with Gasteiger partial charge in [-0.25, -0.2) is 0 Å². The molecule has 0 radical (unpaired) electrons. The lowest BCUT2D eigenvalue weighted by Crippen LogP contribution is -2.49. The predicted octanol–water partition coefficient (Wildman–Crippen LogP) is 1.92. The van der Waals surface area contributed by atoms with E-state index in [1.807, 2.05) is 19.3 Å². The fourth-order valence-corrected chi connectivity index (χ4v) is 2.57. The number of methoxy groups -OCH3 is 2. The van der Waals surface area contributed by atoms with Gasteiger partial charge in [0.1, 0.15) is 5.75 Å². The molecule has 17 heavy (non-hydrogen) atoms. The van der Waals surface area contributed by atoms with Crippen LogP contribution < -0.4 is 10.1 Å². The summed E-state index contributed by atoms with van der Waals surface area (Å²) in [6, 6.07) is 2.19. The van der Waals surface area contributed by atoms with Crippen LogP contribution in [-0.4, -0.2) is 31.9 Å². The Labute approximate surface area is 102 Å². The van der Waals surface area contributed by atoms with E-state index in [2.05, 4.69) is 10.3 Å². The average molecular weight is 236 g/mol. The molecule has 1 fully saturated rings. The monoisotopic (exact) mass is 236 g/mol. The second-order valence-electron chi connectivity index (χ2n) is 4.50. The maximum atomic E-state index is 5.72. The van der Waals surface area contributed by atoms with E-state index in [4.69, 9.17) is 9.47 Å². The number of likely N-dealkylation sites (N-methyl/N-ethyl adjacent to an activating group) is 1. The van der Waals surface area contributed by atoms with E-state index in [1.54, 1.807) is 20.4 Å². The molecule has 1 heterocycles. The van der Waals surface area contributed by atoms with Gasteiger partial charge in [-0.15, -0.1) is 0 Å². The third-order valence-corrected chi connectivity index (χ3v) is 3.72. The van der Waals surface area contributed by atoms with Gasteiger partial charge in [0, 0.05) is 13.3 Å². The van der Waals surface area contributed by atoms with Gasteiger partial charge in [-0.3, -0.25) is 4.98 Å². The highest BCUT2D eigenvalue weighted by atomic mass is 16.5. The molecule has 2 rings (SSSR count). The van der Waals surface area contributed by atoms with Crippen LogP contribution in [0.5, 0.6) is 5.75 Å². The molecule has 0 spiro atoms. The molecule has 1 aliphatic carbocycles. The van der Waals surface area contributed by atoms with E-state index < -0.39 is 0 Å². The van der Waals surface area contributed by atoms with Crippen molar-refractivity contribution in [1.29, 1.82) is 0 Å². The fraction of sp³-hybridized carbons (Fsp3) is 0.615. The Morgan fingerprint density at radius 1 is 1.35 bits per heavy atom. The molecule has 1 aromatic heterocycles. The van der Waals surface area contributed by atoms with Crippen molar-refractivity contribution in [3.8, 4) is 5.75 Å². The molecule has 0 bridgehead atoms. The largest absolute Gasteiger partial charge is 0.495 e. The number of ether oxygens (including phenoxy) is 2. The van der Waals surface area contributed by atoms with Crippen LogP contribution >= 0.6 is 0 Å². The number of hydrogen-bond acceptors (Lipinski definition) is 4. The smallest absolute Gasteiger partial charge is 0.137 e. The standard InChI is InChI=1S/C13H20N2O2/c1-14-12(13(17-3)5-4-6-13)10-7-11(16-2)9-15-8-10/h7-9,12,14H,4-6H2,1-3H3. The maximum Gasteiger partial charge on any atom is 0.137 e. The van der Waals surface area contributed by atoms with Gasteiger partial charge in [0.25, 0.3) is 0 Å². The Morgan fingerprint density at radius 2 is 2.12 bits per heavy atom. The van der Waals surface area contributed by atoms with Crippen LogP contribution in [0.2, 0.25) is 0 Å². The molecule has 94 valence electrons. The molecular formula is C13H20N2O2. The minimum atomic E-state index is -0.0806. The van der Waals surface area contributed by atoms with Crippen molar-refractivity contribution in [2.24, 2.45) is 0 Å². The fourth-order valence-electron chi connectivity index (χ4n) is 2.57. The van der Waals surface area contributed by atoms with E-state index in [1.165, 1.54) is 6.42 Å². The van der Waals surface area contributed by atoms with Crippen molar-refractivity contribution < 1.29 is 9.47 Å². The second kappa shape index (κ2) is 5.02. The maximum absolute atomic E-state index is 5.72. The number of rotatable bonds is 5. The molecule has 0 aromatic carbocycles. The van der Waals surface area contributed by atoms with Crippen LogP contribution in [0, 0.1) is 0 Å². The molecule has 0 amide bonds. The average Bonchev–Trinajstić information content (AvgIpc) is 2.33. The minimum absolute atomic E-state index is 0.0806. The highest BCUT2D eigenvalue weighted by Crippen LogP contribution is 2.44. The van der Waals surface area contributed by atoms with Gasteiger partial charge in [-0.2, -0.15) is 0 Å². The summed E-state index contributed by atoms with van der Waals surface area (Å²) in [7, 11) is 5.41. The third kappa shape index (κ3) is 2.15. The number of nitrogens with one attached hydrogen (secondary N) is 1. The van der Waals surface area contributed by atoms with E-state index in [9.17, 15) is 0 Å². The highest BCUT2D eigenvalue weighted by molar-refractivity contribution is 5.28. The summed E-state index contributed by atoms with van der Waals surface area (Å²) in [5.41, 5.74) is 1.04. The van der Waals surface area contributed by atoms with E-state index in [0.717, 1.165) is 24.2 Å². The molecular weight excluding hydrogens is 216 g/mol. The van der Waals surface area contributed by atoms with Gasteiger partial charge >= 0.3 is 0 Å². The zero-order chi connectivity index (χ0) is 12.3. The topological polar surface area (TPSA) is 43.4 Å². The molecule has 1 saturated carbocycles. The first-order valence-electron chi connectivity index (χ1n) is 5.97. The molecule has 1 N–H and O–H groups in total. The summed E-state index contributed by atoms with van der Waals surface area (Å²) in [6.45, 7) is 0. The zero-order valence-electron chi connectivity index (χ0n) is 10.7. The SMILES string of the molecule is CNC(c1cncc(OC)c1)C1(OC)CCC1. The van der Waals surface area contributed by atoms with Gasteiger partial charge in [0.05, 0.1) is 24.9 Å². The zero-order valence-corrected chi connectivity index (χ0v) is 10.7. The normalized spacial score (nSPS) is 19.5. The van der Waals surface area contributed by atoms with E-state index in [-0.39, 0.29) is 11.6 Å². The lowest BCUT2D eigenvalue weighted by Gasteiger charge is -2.46. The van der Waals surface area contributed by atoms with Crippen LogP contribution in [0.25, 0.3) is 0 Å². The Balaban J connectivity index is 2.28. The number of hydrogen-bond donors (Lipinski definition) is 1. The Hall–Kier alpha value is -1.13. The van der Waals surface area contributed by atoms with Crippen molar-refractivity contribution in [2.45, 2.75) is 30.9 Å². The van der Waals surface area contributed by atoms with Gasteiger partial charge < -0.3 is 14.8 Å². The van der Waals surface area contributed by atoms with E-state index in [0.29, 0.717) is 0 Å². The highest BCUT2D eigenvalue weighted by Gasteiger charge is 2.44. The molecule has 1 atom stereocenters. The van der Waals surface area contributed by atoms with Gasteiger partial charge in [-0.05, 0) is 37.9 Å². The Bertz CT molecular complexity index is 372. The predicted molar refractivity (Wildman–Crippen MR) is 66.2 cm³/mol.